The van der Waals surface area contributed by atoms with Crippen molar-refractivity contribution in [2.24, 2.45) is 16.7 Å². The monoisotopic (exact) mass is 426 g/mol. The average molecular weight is 427 g/mol. The predicted molar refractivity (Wildman–Crippen MR) is 128 cm³/mol. The molecule has 0 saturated carbocycles. The van der Waals surface area contributed by atoms with Gasteiger partial charge in [-0.1, -0.05) is 48.5 Å². The molecule has 0 aliphatic rings. The molecule has 6 nitrogen and oxygen atoms in total. The van der Waals surface area contributed by atoms with E-state index in [2.05, 4.69) is 34.4 Å². The lowest BCUT2D eigenvalue weighted by molar-refractivity contribution is 0.301. The van der Waals surface area contributed by atoms with Crippen molar-refractivity contribution in [2.75, 3.05) is 7.11 Å². The van der Waals surface area contributed by atoms with E-state index in [1.165, 1.54) is 5.56 Å². The predicted octanol–water partition coefficient (Wildman–Crippen LogP) is 4.19. The van der Waals surface area contributed by atoms with E-state index in [1.807, 2.05) is 54.6 Å². The lowest BCUT2D eigenvalue weighted by atomic mass is 10.0. The summed E-state index contributed by atoms with van der Waals surface area (Å²) in [6.45, 7) is 0.424. The topological polar surface area (TPSA) is 95.8 Å². The molecule has 1 heterocycles. The first kappa shape index (κ1) is 21.2. The second-order valence-electron chi connectivity index (χ2n) is 7.47. The van der Waals surface area contributed by atoms with Crippen LogP contribution in [0.15, 0.2) is 84.0 Å². The van der Waals surface area contributed by atoms with Gasteiger partial charge in [0.15, 0.2) is 0 Å². The molecule has 0 atom stereocenters. The molecule has 0 saturated heterocycles. The number of ether oxygens (including phenoxy) is 2. The smallest absolute Gasteiger partial charge is 0.150 e. The highest BCUT2D eigenvalue weighted by Crippen LogP contribution is 2.23. The third kappa shape index (κ3) is 4.98. The first-order chi connectivity index (χ1) is 15.7. The van der Waals surface area contributed by atoms with E-state index in [9.17, 15) is 0 Å². The minimum Gasteiger partial charge on any atom is -0.496 e. The summed E-state index contributed by atoms with van der Waals surface area (Å²) in [5.74, 6) is 7.15. The number of hydrazone groups is 1. The van der Waals surface area contributed by atoms with Gasteiger partial charge >= 0.3 is 0 Å². The van der Waals surface area contributed by atoms with Gasteiger partial charge in [-0.15, -0.1) is 0 Å². The number of para-hydroxylation sites is 1. The van der Waals surface area contributed by atoms with E-state index in [0.29, 0.717) is 6.61 Å². The molecule has 0 fully saturated rings. The molecule has 4 N–H and O–H groups in total. The number of nitrogens with two attached hydrogens (primary N) is 2. The Kier molecular flexibility index (Phi) is 6.51. The zero-order valence-corrected chi connectivity index (χ0v) is 18.0. The number of methoxy groups -OCH3 is 1. The van der Waals surface area contributed by atoms with Gasteiger partial charge in [0.2, 0.25) is 0 Å². The number of hydrogen-bond donors (Lipinski definition) is 2. The van der Waals surface area contributed by atoms with Crippen LogP contribution >= 0.6 is 0 Å². The van der Waals surface area contributed by atoms with Crippen molar-refractivity contribution in [3.8, 4) is 11.5 Å². The maximum Gasteiger partial charge on any atom is 0.150 e. The van der Waals surface area contributed by atoms with Gasteiger partial charge < -0.3 is 21.1 Å². The molecular formula is C26H26N4O2. The number of aromatic nitrogens is 1. The highest BCUT2D eigenvalue weighted by atomic mass is 16.5. The lowest BCUT2D eigenvalue weighted by Crippen LogP contribution is -2.15. The van der Waals surface area contributed by atoms with Gasteiger partial charge in [0.25, 0.3) is 0 Å². The zero-order chi connectivity index (χ0) is 22.3. The SMILES string of the molecule is COc1cc(/C(N)=N/N)ccc1CCc1cccc(OCc2ccc3ccccc3n2)c1. The molecule has 0 aliphatic heterocycles. The number of benzene rings is 3. The van der Waals surface area contributed by atoms with Crippen molar-refractivity contribution in [1.82, 2.24) is 4.98 Å². The summed E-state index contributed by atoms with van der Waals surface area (Å²) >= 11 is 0. The van der Waals surface area contributed by atoms with Crippen LogP contribution in [0, 0.1) is 0 Å². The summed E-state index contributed by atoms with van der Waals surface area (Å²) in [5.41, 5.74) is 10.7. The molecule has 6 heteroatoms. The Bertz CT molecular complexity index is 1250. The van der Waals surface area contributed by atoms with Crippen LogP contribution in [0.2, 0.25) is 0 Å². The van der Waals surface area contributed by atoms with Crippen molar-refractivity contribution in [3.05, 3.63) is 101 Å². The molecule has 1 aromatic heterocycles. The Hall–Kier alpha value is -4.06. The van der Waals surface area contributed by atoms with E-state index >= 15 is 0 Å². The van der Waals surface area contributed by atoms with Crippen LogP contribution in [-0.2, 0) is 19.4 Å². The van der Waals surface area contributed by atoms with Crippen molar-refractivity contribution in [2.45, 2.75) is 19.4 Å². The number of aryl methyl sites for hydroxylation is 2. The number of rotatable bonds is 8. The standard InChI is InChI=1S/C26H26N4O2/c1-31-25-16-21(26(27)30-28)12-11-20(25)10-9-18-5-4-7-23(15-18)32-17-22-14-13-19-6-2-3-8-24(19)29-22/h2-8,11-16H,9-10,17,28H2,1H3,(H2,27,30). The van der Waals surface area contributed by atoms with E-state index in [4.69, 9.17) is 21.1 Å². The summed E-state index contributed by atoms with van der Waals surface area (Å²) in [4.78, 5) is 4.67. The van der Waals surface area contributed by atoms with Gasteiger partial charge in [0.05, 0.1) is 18.3 Å². The third-order valence-corrected chi connectivity index (χ3v) is 5.35. The number of pyridine rings is 1. The minimum atomic E-state index is 0.278. The van der Waals surface area contributed by atoms with Gasteiger partial charge in [-0.05, 0) is 54.3 Å². The Labute approximate surface area is 187 Å². The van der Waals surface area contributed by atoms with Crippen LogP contribution in [0.5, 0.6) is 11.5 Å². The summed E-state index contributed by atoms with van der Waals surface area (Å²) in [6, 6.07) is 26.1. The van der Waals surface area contributed by atoms with Crippen molar-refractivity contribution in [3.63, 3.8) is 0 Å². The van der Waals surface area contributed by atoms with Gasteiger partial charge in [0.1, 0.15) is 23.9 Å². The van der Waals surface area contributed by atoms with Crippen LogP contribution in [-0.4, -0.2) is 17.9 Å². The number of fused-ring (bicyclic) bond motifs is 1. The molecule has 0 amide bonds. The van der Waals surface area contributed by atoms with Crippen molar-refractivity contribution < 1.29 is 9.47 Å². The Morgan fingerprint density at radius 2 is 1.81 bits per heavy atom. The molecule has 4 aromatic rings. The fourth-order valence-electron chi connectivity index (χ4n) is 3.60. The Balaban J connectivity index is 1.40. The molecule has 4 rings (SSSR count). The number of nitrogens with zero attached hydrogens (tertiary/aromatic N) is 2. The lowest BCUT2D eigenvalue weighted by Gasteiger charge is -2.11. The van der Waals surface area contributed by atoms with Gasteiger partial charge in [0, 0.05) is 10.9 Å². The highest BCUT2D eigenvalue weighted by molar-refractivity contribution is 5.97. The summed E-state index contributed by atoms with van der Waals surface area (Å²) in [7, 11) is 1.65. The van der Waals surface area contributed by atoms with Gasteiger partial charge in [-0.3, -0.25) is 0 Å². The highest BCUT2D eigenvalue weighted by Gasteiger charge is 2.08. The fraction of sp³-hybridized carbons (Fsp3) is 0.154. The fourth-order valence-corrected chi connectivity index (χ4v) is 3.60. The van der Waals surface area contributed by atoms with E-state index in [1.54, 1.807) is 7.11 Å². The zero-order valence-electron chi connectivity index (χ0n) is 18.0. The van der Waals surface area contributed by atoms with E-state index in [-0.39, 0.29) is 5.84 Å². The molecule has 0 spiro atoms. The summed E-state index contributed by atoms with van der Waals surface area (Å²) < 4.78 is 11.5. The summed E-state index contributed by atoms with van der Waals surface area (Å²) in [6.07, 6.45) is 1.67. The second kappa shape index (κ2) is 9.83. The molecule has 0 bridgehead atoms. The molecule has 0 unspecified atom stereocenters. The van der Waals surface area contributed by atoms with E-state index in [0.717, 1.165) is 52.1 Å². The minimum absolute atomic E-state index is 0.278. The van der Waals surface area contributed by atoms with Crippen LogP contribution in [0.4, 0.5) is 0 Å². The molecule has 0 aliphatic carbocycles. The molecule has 162 valence electrons. The average Bonchev–Trinajstić information content (AvgIpc) is 2.85. The summed E-state index contributed by atoms with van der Waals surface area (Å²) in [5, 5.41) is 4.67. The molecular weight excluding hydrogens is 400 g/mol. The van der Waals surface area contributed by atoms with Crippen LogP contribution < -0.4 is 21.1 Å². The van der Waals surface area contributed by atoms with Crippen molar-refractivity contribution >= 4 is 16.7 Å². The van der Waals surface area contributed by atoms with E-state index < -0.39 is 0 Å². The van der Waals surface area contributed by atoms with Crippen LogP contribution in [0.3, 0.4) is 0 Å². The largest absolute Gasteiger partial charge is 0.496 e. The van der Waals surface area contributed by atoms with Gasteiger partial charge in [-0.2, -0.15) is 5.10 Å². The van der Waals surface area contributed by atoms with Crippen LogP contribution in [0.25, 0.3) is 10.9 Å². The Morgan fingerprint density at radius 1 is 0.938 bits per heavy atom. The normalized spacial score (nSPS) is 11.5. The second-order valence-corrected chi connectivity index (χ2v) is 7.47. The quantitative estimate of drug-likeness (QED) is 0.191. The maximum atomic E-state index is 6.01. The van der Waals surface area contributed by atoms with Gasteiger partial charge in [-0.25, -0.2) is 4.98 Å². The maximum absolute atomic E-state index is 6.01. The first-order valence-electron chi connectivity index (χ1n) is 10.4. The number of amidine groups is 1. The number of hydrogen-bond acceptors (Lipinski definition) is 5. The third-order valence-electron chi connectivity index (χ3n) is 5.35. The Morgan fingerprint density at radius 3 is 2.66 bits per heavy atom. The first-order valence-corrected chi connectivity index (χ1v) is 10.4. The van der Waals surface area contributed by atoms with Crippen molar-refractivity contribution in [1.29, 1.82) is 0 Å². The molecule has 3 aromatic carbocycles. The molecule has 32 heavy (non-hydrogen) atoms. The van der Waals surface area contributed by atoms with Crippen LogP contribution in [0.1, 0.15) is 22.4 Å². The molecule has 0 radical (unpaired) electrons.